The van der Waals surface area contributed by atoms with E-state index in [-0.39, 0.29) is 11.9 Å². The average molecular weight is 408 g/mol. The Morgan fingerprint density at radius 1 is 1.55 bits per heavy atom. The van der Waals surface area contributed by atoms with E-state index < -0.39 is 8.53 Å². The summed E-state index contributed by atoms with van der Waals surface area (Å²) in [4.78, 5) is 15.7. The largest absolute Gasteiger partial charge is 0.583 e. The molecule has 0 saturated heterocycles. The van der Waals surface area contributed by atoms with E-state index >= 15 is 0 Å². The van der Waals surface area contributed by atoms with Gasteiger partial charge in [0, 0.05) is 12.6 Å². The number of pyridine rings is 1. The van der Waals surface area contributed by atoms with Crippen molar-refractivity contribution in [3.05, 3.63) is 30.1 Å². The van der Waals surface area contributed by atoms with Crippen LogP contribution in [-0.2, 0) is 18.1 Å². The second kappa shape index (κ2) is 9.30. The zero-order valence-electron chi connectivity index (χ0n) is 11.4. The summed E-state index contributed by atoms with van der Waals surface area (Å²) >= 11 is 1.74. The lowest BCUT2D eigenvalue weighted by Gasteiger charge is -2.11. The lowest BCUT2D eigenvalue weighted by molar-refractivity contribution is -0.144. The van der Waals surface area contributed by atoms with Crippen molar-refractivity contribution < 1.29 is 14.1 Å². The quantitative estimate of drug-likeness (QED) is 0.301. The Bertz CT molecular complexity index is 454. The van der Waals surface area contributed by atoms with Gasteiger partial charge in [-0.15, -0.1) is 0 Å². The molecule has 0 unspecified atom stereocenters. The van der Waals surface area contributed by atoms with E-state index in [1.54, 1.807) is 34.3 Å². The number of esters is 1. The third kappa shape index (κ3) is 6.67. The molecule has 1 rings (SSSR count). The highest BCUT2D eigenvalue weighted by molar-refractivity contribution is 14.2. The Morgan fingerprint density at radius 2 is 2.30 bits per heavy atom. The SMILES string of the molecule is CCOC(=O)C[C@@H](C)C/C(=N/[S@+]([O-])I)c1ccccn1. The molecule has 0 amide bonds. The highest BCUT2D eigenvalue weighted by Gasteiger charge is 2.17. The molecule has 5 nitrogen and oxygen atoms in total. The van der Waals surface area contributed by atoms with Gasteiger partial charge in [0.1, 0.15) is 5.71 Å². The molecule has 110 valence electrons. The van der Waals surface area contributed by atoms with Crippen molar-refractivity contribution in [1.82, 2.24) is 4.98 Å². The van der Waals surface area contributed by atoms with Gasteiger partial charge in [0.05, 0.1) is 12.3 Å². The van der Waals surface area contributed by atoms with Crippen LogP contribution in [0.3, 0.4) is 0 Å². The Balaban J connectivity index is 2.74. The van der Waals surface area contributed by atoms with Gasteiger partial charge < -0.3 is 9.29 Å². The molecule has 0 spiro atoms. The van der Waals surface area contributed by atoms with Crippen molar-refractivity contribution in [3.63, 3.8) is 0 Å². The molecule has 0 aromatic carbocycles. The lowest BCUT2D eigenvalue weighted by Crippen LogP contribution is -2.15. The monoisotopic (exact) mass is 408 g/mol. The molecule has 1 aromatic heterocycles. The van der Waals surface area contributed by atoms with Crippen molar-refractivity contribution in [1.29, 1.82) is 0 Å². The number of ether oxygens (including phenoxy) is 1. The third-order valence-corrected chi connectivity index (χ3v) is 3.46. The number of carbonyl (C=O) groups is 1. The molecular weight excluding hydrogens is 391 g/mol. The molecule has 0 fully saturated rings. The molecule has 2 atom stereocenters. The lowest BCUT2D eigenvalue weighted by atomic mass is 9.99. The third-order valence-electron chi connectivity index (χ3n) is 2.50. The molecule has 0 bridgehead atoms. The summed E-state index contributed by atoms with van der Waals surface area (Å²) in [6.45, 7) is 4.10. The first-order valence-corrected chi connectivity index (χ1v) is 9.90. The first-order chi connectivity index (χ1) is 9.52. The van der Waals surface area contributed by atoms with Crippen LogP contribution in [0.15, 0.2) is 28.8 Å². The second-order valence-corrected chi connectivity index (χ2v) is 7.13. The number of aromatic nitrogens is 1. The van der Waals surface area contributed by atoms with Gasteiger partial charge in [0.25, 0.3) is 21.2 Å². The maximum Gasteiger partial charge on any atom is 0.306 e. The minimum absolute atomic E-state index is 0.0507. The van der Waals surface area contributed by atoms with Gasteiger partial charge in [-0.25, -0.2) is 0 Å². The van der Waals surface area contributed by atoms with Gasteiger partial charge in [-0.3, -0.25) is 9.78 Å². The summed E-state index contributed by atoms with van der Waals surface area (Å²) in [5, 5.41) is 0. The van der Waals surface area contributed by atoms with Crippen LogP contribution in [-0.4, -0.2) is 27.8 Å². The summed E-state index contributed by atoms with van der Waals surface area (Å²) in [6, 6.07) is 5.48. The van der Waals surface area contributed by atoms with Crippen molar-refractivity contribution in [3.8, 4) is 0 Å². The zero-order chi connectivity index (χ0) is 15.0. The van der Waals surface area contributed by atoms with E-state index in [0.29, 0.717) is 30.9 Å². The molecule has 0 aliphatic carbocycles. The van der Waals surface area contributed by atoms with Gasteiger partial charge in [0.2, 0.25) is 0 Å². The maximum absolute atomic E-state index is 11.5. The summed E-state index contributed by atoms with van der Waals surface area (Å²) < 4.78 is 20.4. The molecule has 20 heavy (non-hydrogen) atoms. The van der Waals surface area contributed by atoms with E-state index in [9.17, 15) is 9.35 Å². The molecule has 1 aromatic rings. The summed E-state index contributed by atoms with van der Waals surface area (Å²) in [6.07, 6.45) is 2.51. The number of carbonyl (C=O) groups excluding carboxylic acids is 1. The van der Waals surface area contributed by atoms with E-state index in [2.05, 4.69) is 9.38 Å². The number of halogens is 1. The minimum atomic E-state index is -1.33. The second-order valence-electron chi connectivity index (χ2n) is 4.28. The van der Waals surface area contributed by atoms with Crippen molar-refractivity contribution in [2.45, 2.75) is 26.7 Å². The van der Waals surface area contributed by atoms with Gasteiger partial charge in [-0.1, -0.05) is 17.4 Å². The number of hydrogen-bond donors (Lipinski definition) is 0. The van der Waals surface area contributed by atoms with E-state index in [0.717, 1.165) is 0 Å². The van der Waals surface area contributed by atoms with Crippen LogP contribution in [0.5, 0.6) is 0 Å². The van der Waals surface area contributed by atoms with Crippen LogP contribution in [0, 0.1) is 5.92 Å². The van der Waals surface area contributed by atoms with E-state index in [1.165, 1.54) is 0 Å². The van der Waals surface area contributed by atoms with Crippen LogP contribution < -0.4 is 0 Å². The number of rotatable bonds is 7. The Morgan fingerprint density at radius 3 is 2.85 bits per heavy atom. The van der Waals surface area contributed by atoms with Gasteiger partial charge in [-0.2, -0.15) is 0 Å². The molecule has 7 heteroatoms. The van der Waals surface area contributed by atoms with Gasteiger partial charge in [-0.05, 0) is 31.4 Å². The Kier molecular flexibility index (Phi) is 8.08. The first-order valence-electron chi connectivity index (χ1n) is 6.25. The summed E-state index contributed by atoms with van der Waals surface area (Å²) in [7, 11) is -1.33. The van der Waals surface area contributed by atoms with Crippen molar-refractivity contribution >= 4 is 41.4 Å². The highest BCUT2D eigenvalue weighted by Crippen LogP contribution is 2.16. The Labute approximate surface area is 134 Å². The van der Waals surface area contributed by atoms with Crippen molar-refractivity contribution in [2.24, 2.45) is 10.3 Å². The normalized spacial score (nSPS) is 14.7. The predicted octanol–water partition coefficient (Wildman–Crippen LogP) is 2.86. The predicted molar refractivity (Wildman–Crippen MR) is 88.0 cm³/mol. The summed E-state index contributed by atoms with van der Waals surface area (Å²) in [5.74, 6) is -0.175. The zero-order valence-corrected chi connectivity index (χ0v) is 14.4. The summed E-state index contributed by atoms with van der Waals surface area (Å²) in [5.41, 5.74) is 1.34. The van der Waals surface area contributed by atoms with Crippen LogP contribution in [0.1, 0.15) is 32.4 Å². The van der Waals surface area contributed by atoms with E-state index in [4.69, 9.17) is 4.74 Å². The fraction of sp³-hybridized carbons (Fsp3) is 0.462. The van der Waals surface area contributed by atoms with Crippen molar-refractivity contribution in [2.75, 3.05) is 6.61 Å². The fourth-order valence-electron chi connectivity index (χ4n) is 1.72. The standard InChI is InChI=1S/C13H17IN2O3S/c1-3-19-13(17)9-10(2)8-12(16-20(14)18)11-6-4-5-7-15-11/h4-7,10H,3,8-9H2,1-2H3/b16-12-/t10-,20+/m0/s1. The van der Waals surface area contributed by atoms with E-state index in [1.807, 2.05) is 25.1 Å². The first kappa shape index (κ1) is 17.4. The van der Waals surface area contributed by atoms with Crippen LogP contribution >= 0.6 is 21.2 Å². The average Bonchev–Trinajstić information content (AvgIpc) is 2.38. The van der Waals surface area contributed by atoms with Crippen LogP contribution in [0.25, 0.3) is 0 Å². The topological polar surface area (TPSA) is 74.6 Å². The molecule has 0 radical (unpaired) electrons. The number of nitrogens with zero attached hydrogens (tertiary/aromatic N) is 2. The fourth-order valence-corrected chi connectivity index (χ4v) is 2.77. The van der Waals surface area contributed by atoms with Gasteiger partial charge >= 0.3 is 5.97 Å². The molecule has 1 heterocycles. The minimum Gasteiger partial charge on any atom is -0.583 e. The maximum atomic E-state index is 11.5. The van der Waals surface area contributed by atoms with Crippen LogP contribution in [0.4, 0.5) is 0 Å². The Hall–Kier alpha value is -0.670. The molecule has 0 N–H and O–H groups in total. The van der Waals surface area contributed by atoms with Crippen LogP contribution in [0.2, 0.25) is 0 Å². The molecule has 0 aliphatic rings. The highest BCUT2D eigenvalue weighted by atomic mass is 127. The smallest absolute Gasteiger partial charge is 0.306 e. The van der Waals surface area contributed by atoms with Gasteiger partial charge in [0.15, 0.2) is 8.53 Å². The molecule has 0 saturated carbocycles. The molecular formula is C13H17IN2O3S. The molecule has 0 aliphatic heterocycles. The number of hydrogen-bond acceptors (Lipinski definition) is 5.